The molecule has 2 rings (SSSR count). The van der Waals surface area contributed by atoms with E-state index in [0.717, 1.165) is 6.54 Å². The van der Waals surface area contributed by atoms with Crippen LogP contribution in [0.2, 0.25) is 0 Å². The summed E-state index contributed by atoms with van der Waals surface area (Å²) in [6.07, 6.45) is 2.47. The maximum absolute atomic E-state index is 13.2. The van der Waals surface area contributed by atoms with Crippen LogP contribution in [0.3, 0.4) is 0 Å². The molecule has 15 heavy (non-hydrogen) atoms. The fourth-order valence-corrected chi connectivity index (χ4v) is 2.50. The van der Waals surface area contributed by atoms with Crippen molar-refractivity contribution in [2.45, 2.75) is 25.7 Å². The number of hydrogen-bond acceptors (Lipinski definition) is 1. The van der Waals surface area contributed by atoms with Gasteiger partial charge in [-0.25, -0.2) is 4.39 Å². The number of aryl methyl sites for hydroxylation is 1. The predicted molar refractivity (Wildman–Crippen MR) is 60.5 cm³/mol. The molecule has 1 aliphatic carbocycles. The number of halogens is 1. The Balaban J connectivity index is 2.18. The van der Waals surface area contributed by atoms with Crippen molar-refractivity contribution in [1.29, 1.82) is 0 Å². The molecule has 1 aromatic rings. The highest BCUT2D eigenvalue weighted by atomic mass is 19.1. The molecule has 2 unspecified atom stereocenters. The lowest BCUT2D eigenvalue weighted by Gasteiger charge is -2.37. The Labute approximate surface area is 90.7 Å². The Kier molecular flexibility index (Phi) is 3.06. The zero-order valence-corrected chi connectivity index (χ0v) is 9.39. The maximum atomic E-state index is 13.2. The first-order valence-corrected chi connectivity index (χ1v) is 5.63. The first kappa shape index (κ1) is 10.6. The standard InChI is InChI=1S/C13H18FN/c1-9-3-5-11(14)7-13(9)12-6-4-10(12)8-15-2/h3,5,7,10,12,15H,4,6,8H2,1-2H3. The Bertz CT molecular complexity index is 348. The minimum Gasteiger partial charge on any atom is -0.319 e. The van der Waals surface area contributed by atoms with E-state index in [2.05, 4.69) is 12.2 Å². The quantitative estimate of drug-likeness (QED) is 0.803. The van der Waals surface area contributed by atoms with Gasteiger partial charge in [-0.1, -0.05) is 6.07 Å². The zero-order chi connectivity index (χ0) is 10.8. The highest BCUT2D eigenvalue weighted by molar-refractivity contribution is 5.32. The monoisotopic (exact) mass is 207 g/mol. The third-order valence-corrected chi connectivity index (χ3v) is 3.52. The predicted octanol–water partition coefficient (Wildman–Crippen LogP) is 2.85. The summed E-state index contributed by atoms with van der Waals surface area (Å²) < 4.78 is 13.2. The lowest BCUT2D eigenvalue weighted by atomic mass is 9.69. The van der Waals surface area contributed by atoms with Crippen LogP contribution >= 0.6 is 0 Å². The van der Waals surface area contributed by atoms with E-state index in [1.807, 2.05) is 13.1 Å². The van der Waals surface area contributed by atoms with Crippen LogP contribution in [0, 0.1) is 18.7 Å². The summed E-state index contributed by atoms with van der Waals surface area (Å²) in [7, 11) is 1.98. The number of hydrogen-bond donors (Lipinski definition) is 1. The largest absolute Gasteiger partial charge is 0.319 e. The third kappa shape index (κ3) is 2.05. The van der Waals surface area contributed by atoms with Gasteiger partial charge in [0.05, 0.1) is 0 Å². The molecule has 82 valence electrons. The molecule has 0 spiro atoms. The summed E-state index contributed by atoms with van der Waals surface area (Å²) in [5, 5.41) is 3.21. The minimum absolute atomic E-state index is 0.106. The van der Waals surface area contributed by atoms with Gasteiger partial charge >= 0.3 is 0 Å². The molecule has 1 N–H and O–H groups in total. The summed E-state index contributed by atoms with van der Waals surface area (Å²) in [5.41, 5.74) is 2.43. The average molecular weight is 207 g/mol. The normalized spacial score (nSPS) is 25.0. The van der Waals surface area contributed by atoms with Crippen LogP contribution in [0.15, 0.2) is 18.2 Å². The summed E-state index contributed by atoms with van der Waals surface area (Å²) in [6, 6.07) is 5.14. The molecule has 1 saturated carbocycles. The fraction of sp³-hybridized carbons (Fsp3) is 0.538. The first-order valence-electron chi connectivity index (χ1n) is 5.63. The van der Waals surface area contributed by atoms with Crippen molar-refractivity contribution < 1.29 is 4.39 Å². The molecule has 1 aliphatic rings. The van der Waals surface area contributed by atoms with Crippen LogP contribution in [0.5, 0.6) is 0 Å². The van der Waals surface area contributed by atoms with Crippen molar-refractivity contribution >= 4 is 0 Å². The number of rotatable bonds is 3. The van der Waals surface area contributed by atoms with E-state index in [9.17, 15) is 4.39 Å². The van der Waals surface area contributed by atoms with Crippen LogP contribution < -0.4 is 5.32 Å². The molecule has 0 aromatic heterocycles. The molecule has 0 radical (unpaired) electrons. The molecule has 0 aliphatic heterocycles. The third-order valence-electron chi connectivity index (χ3n) is 3.52. The lowest BCUT2D eigenvalue weighted by Crippen LogP contribution is -2.32. The van der Waals surface area contributed by atoms with Crippen LogP contribution in [0.25, 0.3) is 0 Å². The maximum Gasteiger partial charge on any atom is 0.123 e. The van der Waals surface area contributed by atoms with E-state index >= 15 is 0 Å². The molecule has 2 heteroatoms. The fourth-order valence-electron chi connectivity index (χ4n) is 2.50. The van der Waals surface area contributed by atoms with E-state index in [4.69, 9.17) is 0 Å². The van der Waals surface area contributed by atoms with Crippen molar-refractivity contribution in [3.63, 3.8) is 0 Å². The molecular weight excluding hydrogens is 189 g/mol. The topological polar surface area (TPSA) is 12.0 Å². The molecule has 2 atom stereocenters. The number of nitrogens with one attached hydrogen (secondary N) is 1. The summed E-state index contributed by atoms with van der Waals surface area (Å²) >= 11 is 0. The van der Waals surface area contributed by atoms with Gasteiger partial charge in [0, 0.05) is 0 Å². The van der Waals surface area contributed by atoms with Crippen molar-refractivity contribution in [3.05, 3.63) is 35.1 Å². The SMILES string of the molecule is CNCC1CCC1c1cc(F)ccc1C. The Hall–Kier alpha value is -0.890. The van der Waals surface area contributed by atoms with Crippen molar-refractivity contribution in [2.75, 3.05) is 13.6 Å². The summed E-state index contributed by atoms with van der Waals surface area (Å²) in [6.45, 7) is 3.12. The molecule has 0 heterocycles. The second kappa shape index (κ2) is 4.31. The average Bonchev–Trinajstić information content (AvgIpc) is 2.18. The van der Waals surface area contributed by atoms with Crippen molar-refractivity contribution in [1.82, 2.24) is 5.32 Å². The van der Waals surface area contributed by atoms with Gasteiger partial charge in [0.15, 0.2) is 0 Å². The number of benzene rings is 1. The Morgan fingerprint density at radius 1 is 1.40 bits per heavy atom. The highest BCUT2D eigenvalue weighted by Crippen LogP contribution is 2.43. The molecule has 1 fully saturated rings. The van der Waals surface area contributed by atoms with Gasteiger partial charge in [-0.3, -0.25) is 0 Å². The van der Waals surface area contributed by atoms with Gasteiger partial charge in [-0.2, -0.15) is 0 Å². The second-order valence-electron chi connectivity index (χ2n) is 4.50. The van der Waals surface area contributed by atoms with E-state index in [-0.39, 0.29) is 5.82 Å². The van der Waals surface area contributed by atoms with E-state index < -0.39 is 0 Å². The Morgan fingerprint density at radius 2 is 2.20 bits per heavy atom. The van der Waals surface area contributed by atoms with Crippen molar-refractivity contribution in [2.24, 2.45) is 5.92 Å². The molecule has 1 aromatic carbocycles. The molecule has 0 amide bonds. The molecule has 0 bridgehead atoms. The van der Waals surface area contributed by atoms with Gasteiger partial charge in [0.2, 0.25) is 0 Å². The van der Waals surface area contributed by atoms with Crippen LogP contribution in [0.1, 0.15) is 29.9 Å². The van der Waals surface area contributed by atoms with Crippen LogP contribution in [-0.2, 0) is 0 Å². The molecule has 0 saturated heterocycles. The smallest absolute Gasteiger partial charge is 0.123 e. The molecule has 1 nitrogen and oxygen atoms in total. The lowest BCUT2D eigenvalue weighted by molar-refractivity contribution is 0.249. The minimum atomic E-state index is -0.106. The Morgan fingerprint density at radius 3 is 2.80 bits per heavy atom. The first-order chi connectivity index (χ1) is 7.22. The summed E-state index contributed by atoms with van der Waals surface area (Å²) in [4.78, 5) is 0. The summed E-state index contributed by atoms with van der Waals surface area (Å²) in [5.74, 6) is 1.15. The van der Waals surface area contributed by atoms with E-state index in [0.29, 0.717) is 11.8 Å². The van der Waals surface area contributed by atoms with Crippen LogP contribution in [-0.4, -0.2) is 13.6 Å². The van der Waals surface area contributed by atoms with Crippen molar-refractivity contribution in [3.8, 4) is 0 Å². The van der Waals surface area contributed by atoms with Gasteiger partial charge in [0.25, 0.3) is 0 Å². The van der Waals surface area contributed by atoms with Gasteiger partial charge in [-0.15, -0.1) is 0 Å². The van der Waals surface area contributed by atoms with E-state index in [1.54, 1.807) is 12.1 Å². The molecular formula is C13H18FN. The van der Waals surface area contributed by atoms with Crippen LogP contribution in [0.4, 0.5) is 4.39 Å². The van der Waals surface area contributed by atoms with Gasteiger partial charge in [-0.05, 0) is 68.5 Å². The van der Waals surface area contributed by atoms with E-state index in [1.165, 1.54) is 24.0 Å². The van der Waals surface area contributed by atoms with Gasteiger partial charge < -0.3 is 5.32 Å². The zero-order valence-electron chi connectivity index (χ0n) is 9.39. The highest BCUT2D eigenvalue weighted by Gasteiger charge is 2.32. The second-order valence-corrected chi connectivity index (χ2v) is 4.50. The van der Waals surface area contributed by atoms with Gasteiger partial charge in [0.1, 0.15) is 5.82 Å².